The molecule has 0 radical (unpaired) electrons. The van der Waals surface area contributed by atoms with Gasteiger partial charge in [-0.2, -0.15) is 0 Å². The molecule has 0 fully saturated rings. The molecular weight excluding hydrogens is 238 g/mol. The molecule has 13 heavy (non-hydrogen) atoms. The summed E-state index contributed by atoms with van der Waals surface area (Å²) in [5.41, 5.74) is 0.184. The maximum atomic E-state index is 13.2. The van der Waals surface area contributed by atoms with Gasteiger partial charge in [-0.25, -0.2) is 12.8 Å². The van der Waals surface area contributed by atoms with Gasteiger partial charge in [0.05, 0.1) is 5.02 Å². The first-order valence-electron chi connectivity index (χ1n) is 3.23. The molecule has 2 nitrogen and oxygen atoms in total. The predicted molar refractivity (Wildman–Crippen MR) is 49.2 cm³/mol. The van der Waals surface area contributed by atoms with Crippen LogP contribution >= 0.6 is 22.3 Å². The number of hydrogen-bond donors (Lipinski definition) is 0. The zero-order valence-corrected chi connectivity index (χ0v) is 8.84. The minimum absolute atomic E-state index is 0.184. The van der Waals surface area contributed by atoms with Gasteiger partial charge in [-0.05, 0) is 18.6 Å². The highest BCUT2D eigenvalue weighted by molar-refractivity contribution is 8.13. The first-order chi connectivity index (χ1) is 5.84. The van der Waals surface area contributed by atoms with Gasteiger partial charge in [0.25, 0.3) is 9.05 Å². The molecule has 1 aromatic rings. The molecular formula is C7H5Cl2FO2S. The number of halogens is 3. The number of aryl methyl sites for hydroxylation is 1. The van der Waals surface area contributed by atoms with Crippen LogP contribution in [-0.4, -0.2) is 8.42 Å². The highest BCUT2D eigenvalue weighted by Gasteiger charge is 2.21. The molecule has 0 spiro atoms. The Morgan fingerprint density at radius 1 is 1.38 bits per heavy atom. The van der Waals surface area contributed by atoms with Crippen LogP contribution in [0.1, 0.15) is 5.56 Å². The predicted octanol–water partition coefficient (Wildman–Crippen LogP) is 2.72. The van der Waals surface area contributed by atoms with Crippen molar-refractivity contribution in [1.29, 1.82) is 0 Å². The van der Waals surface area contributed by atoms with E-state index in [1.54, 1.807) is 0 Å². The van der Waals surface area contributed by atoms with E-state index in [0.29, 0.717) is 0 Å². The number of benzene rings is 1. The van der Waals surface area contributed by atoms with E-state index in [-0.39, 0.29) is 10.6 Å². The Hall–Kier alpha value is -0.320. The van der Waals surface area contributed by atoms with Gasteiger partial charge in [0.1, 0.15) is 10.7 Å². The third-order valence-corrected chi connectivity index (χ3v) is 3.26. The van der Waals surface area contributed by atoms with Gasteiger partial charge >= 0.3 is 0 Å². The maximum absolute atomic E-state index is 13.2. The highest BCUT2D eigenvalue weighted by atomic mass is 35.7. The summed E-state index contributed by atoms with van der Waals surface area (Å²) in [5, 5.41) is -0.210. The van der Waals surface area contributed by atoms with E-state index >= 15 is 0 Å². The summed E-state index contributed by atoms with van der Waals surface area (Å²) < 4.78 is 34.9. The molecule has 0 saturated heterocycles. The molecule has 0 amide bonds. The van der Waals surface area contributed by atoms with Crippen molar-refractivity contribution in [2.75, 3.05) is 0 Å². The Balaban J connectivity index is 3.62. The van der Waals surface area contributed by atoms with Crippen molar-refractivity contribution in [2.45, 2.75) is 11.8 Å². The van der Waals surface area contributed by atoms with Crippen LogP contribution < -0.4 is 0 Å². The van der Waals surface area contributed by atoms with Crippen molar-refractivity contribution in [3.8, 4) is 0 Å². The Labute approximate surface area is 84.7 Å². The molecule has 6 heteroatoms. The molecule has 1 rings (SSSR count). The first kappa shape index (κ1) is 10.8. The molecule has 72 valence electrons. The van der Waals surface area contributed by atoms with E-state index in [1.165, 1.54) is 19.1 Å². The van der Waals surface area contributed by atoms with Crippen LogP contribution in [0.4, 0.5) is 4.39 Å². The average Bonchev–Trinajstić information content (AvgIpc) is 1.95. The molecule has 0 heterocycles. The monoisotopic (exact) mass is 242 g/mol. The van der Waals surface area contributed by atoms with E-state index in [9.17, 15) is 12.8 Å². The summed E-state index contributed by atoms with van der Waals surface area (Å²) in [6.45, 7) is 1.43. The zero-order chi connectivity index (χ0) is 10.2. The largest absolute Gasteiger partial charge is 0.265 e. The van der Waals surface area contributed by atoms with Crippen LogP contribution in [0.3, 0.4) is 0 Å². The Kier molecular flexibility index (Phi) is 2.85. The first-order valence-corrected chi connectivity index (χ1v) is 5.92. The van der Waals surface area contributed by atoms with Crippen LogP contribution in [0.5, 0.6) is 0 Å². The Morgan fingerprint density at radius 2 is 1.92 bits per heavy atom. The van der Waals surface area contributed by atoms with E-state index in [2.05, 4.69) is 0 Å². The topological polar surface area (TPSA) is 34.1 Å². The summed E-state index contributed by atoms with van der Waals surface area (Å²) in [7, 11) is 0.867. The normalized spacial score (nSPS) is 11.7. The van der Waals surface area contributed by atoms with Gasteiger partial charge in [0.15, 0.2) is 0 Å². The number of hydrogen-bond acceptors (Lipinski definition) is 2. The lowest BCUT2D eigenvalue weighted by atomic mass is 10.2. The lowest BCUT2D eigenvalue weighted by Gasteiger charge is -2.03. The minimum atomic E-state index is -4.12. The van der Waals surface area contributed by atoms with Gasteiger partial charge in [0.2, 0.25) is 0 Å². The van der Waals surface area contributed by atoms with Crippen LogP contribution in [0, 0.1) is 12.7 Å². The van der Waals surface area contributed by atoms with Gasteiger partial charge in [-0.15, -0.1) is 0 Å². The van der Waals surface area contributed by atoms with Crippen molar-refractivity contribution in [1.82, 2.24) is 0 Å². The molecule has 1 aromatic carbocycles. The molecule has 0 N–H and O–H groups in total. The molecule has 0 saturated carbocycles. The van der Waals surface area contributed by atoms with Crippen LogP contribution in [-0.2, 0) is 9.05 Å². The molecule has 0 aliphatic heterocycles. The van der Waals surface area contributed by atoms with E-state index in [4.69, 9.17) is 22.3 Å². The van der Waals surface area contributed by atoms with Gasteiger partial charge in [-0.3, -0.25) is 0 Å². The summed E-state index contributed by atoms with van der Waals surface area (Å²) >= 11 is 5.48. The molecule has 0 atom stereocenters. The molecule has 0 aromatic heterocycles. The summed E-state index contributed by atoms with van der Waals surface area (Å²) in [6, 6.07) is 2.67. The Bertz CT molecular complexity index is 442. The van der Waals surface area contributed by atoms with E-state index < -0.39 is 19.8 Å². The van der Waals surface area contributed by atoms with Crippen molar-refractivity contribution in [2.24, 2.45) is 0 Å². The smallest absolute Gasteiger partial charge is 0.207 e. The fraction of sp³-hybridized carbons (Fsp3) is 0.143. The second-order valence-electron chi connectivity index (χ2n) is 2.45. The molecule has 0 unspecified atom stereocenters. The highest BCUT2D eigenvalue weighted by Crippen LogP contribution is 2.28. The molecule has 0 aliphatic carbocycles. The third kappa shape index (κ3) is 2.13. The number of rotatable bonds is 1. The summed E-state index contributed by atoms with van der Waals surface area (Å²) in [4.78, 5) is -0.657. The summed E-state index contributed by atoms with van der Waals surface area (Å²) in [6.07, 6.45) is 0. The second-order valence-corrected chi connectivity index (χ2v) is 5.36. The standard InChI is InChI=1S/C7H5Cl2FO2S/c1-4-2-3-5(8)7(6(4)10)13(9,11)12/h2-3H,1H3. The van der Waals surface area contributed by atoms with Crippen molar-refractivity contribution < 1.29 is 12.8 Å². The third-order valence-electron chi connectivity index (χ3n) is 1.49. The fourth-order valence-electron chi connectivity index (χ4n) is 0.854. The molecule has 0 aliphatic rings. The zero-order valence-electron chi connectivity index (χ0n) is 6.51. The van der Waals surface area contributed by atoms with Crippen molar-refractivity contribution in [3.63, 3.8) is 0 Å². The van der Waals surface area contributed by atoms with E-state index in [1.807, 2.05) is 0 Å². The summed E-state index contributed by atoms with van der Waals surface area (Å²) in [5.74, 6) is -0.900. The minimum Gasteiger partial charge on any atom is -0.207 e. The maximum Gasteiger partial charge on any atom is 0.265 e. The lowest BCUT2D eigenvalue weighted by molar-refractivity contribution is 0.570. The van der Waals surface area contributed by atoms with E-state index in [0.717, 1.165) is 0 Å². The fourth-order valence-corrected chi connectivity index (χ4v) is 2.55. The van der Waals surface area contributed by atoms with Crippen LogP contribution in [0.15, 0.2) is 17.0 Å². The van der Waals surface area contributed by atoms with Gasteiger partial charge < -0.3 is 0 Å². The van der Waals surface area contributed by atoms with Crippen LogP contribution in [0.25, 0.3) is 0 Å². The lowest BCUT2D eigenvalue weighted by Crippen LogP contribution is -1.98. The quantitative estimate of drug-likeness (QED) is 0.710. The van der Waals surface area contributed by atoms with Gasteiger partial charge in [-0.1, -0.05) is 17.7 Å². The van der Waals surface area contributed by atoms with Gasteiger partial charge in [0, 0.05) is 10.7 Å². The van der Waals surface area contributed by atoms with Crippen molar-refractivity contribution in [3.05, 3.63) is 28.5 Å². The van der Waals surface area contributed by atoms with Crippen molar-refractivity contribution >= 4 is 31.3 Å². The Morgan fingerprint density at radius 3 is 2.31 bits per heavy atom. The molecule has 0 bridgehead atoms. The van der Waals surface area contributed by atoms with Crippen LogP contribution in [0.2, 0.25) is 5.02 Å². The average molecular weight is 243 g/mol. The second kappa shape index (κ2) is 3.44. The SMILES string of the molecule is Cc1ccc(Cl)c(S(=O)(=O)Cl)c1F.